The third-order valence-corrected chi connectivity index (χ3v) is 3.65. The predicted molar refractivity (Wildman–Crippen MR) is 83.8 cm³/mol. The lowest BCUT2D eigenvalue weighted by atomic mass is 9.98. The molecule has 1 atom stereocenters. The fourth-order valence-corrected chi connectivity index (χ4v) is 2.79. The number of anilines is 1. The van der Waals surface area contributed by atoms with Crippen LogP contribution in [0.4, 0.5) is 5.95 Å². The smallest absolute Gasteiger partial charge is 0.338 e. The first-order valence-electron chi connectivity index (χ1n) is 7.79. The maximum Gasteiger partial charge on any atom is 0.338 e. The van der Waals surface area contributed by atoms with E-state index in [1.165, 1.54) is 0 Å². The third-order valence-electron chi connectivity index (χ3n) is 3.65. The van der Waals surface area contributed by atoms with Gasteiger partial charge in [0, 0.05) is 5.70 Å². The van der Waals surface area contributed by atoms with Crippen molar-refractivity contribution >= 4 is 11.9 Å². The molecule has 0 aliphatic carbocycles. The quantitative estimate of drug-likeness (QED) is 0.854. The van der Waals surface area contributed by atoms with Gasteiger partial charge < -0.3 is 14.5 Å². The molecule has 1 aliphatic rings. The van der Waals surface area contributed by atoms with Crippen molar-refractivity contribution in [3.05, 3.63) is 41.3 Å². The van der Waals surface area contributed by atoms with E-state index in [1.54, 1.807) is 23.9 Å². The zero-order chi connectivity index (χ0) is 16.4. The molecular weight excluding hydrogens is 296 g/mol. The summed E-state index contributed by atoms with van der Waals surface area (Å²) in [6.45, 7) is 5.98. The van der Waals surface area contributed by atoms with Crippen LogP contribution >= 0.6 is 0 Å². The average Bonchev–Trinajstić information content (AvgIpc) is 3.14. The predicted octanol–water partition coefficient (Wildman–Crippen LogP) is 2.81. The maximum atomic E-state index is 12.6. The maximum absolute atomic E-state index is 12.6. The molecule has 0 saturated carbocycles. The molecular formula is C16H20N4O3. The highest BCUT2D eigenvalue weighted by molar-refractivity contribution is 5.92. The third kappa shape index (κ3) is 2.74. The Labute approximate surface area is 134 Å². The Morgan fingerprint density at radius 2 is 2.30 bits per heavy atom. The summed E-state index contributed by atoms with van der Waals surface area (Å²) in [6, 6.07) is 3.16. The Morgan fingerprint density at radius 1 is 1.48 bits per heavy atom. The highest BCUT2D eigenvalue weighted by Gasteiger charge is 2.37. The molecule has 0 saturated heterocycles. The summed E-state index contributed by atoms with van der Waals surface area (Å²) in [5, 5.41) is 7.64. The fraction of sp³-hybridized carbons (Fsp3) is 0.438. The Kier molecular flexibility index (Phi) is 4.18. The lowest BCUT2D eigenvalue weighted by molar-refractivity contribution is -0.139. The molecule has 0 radical (unpaired) electrons. The summed E-state index contributed by atoms with van der Waals surface area (Å²) in [6.07, 6.45) is 3.20. The largest absolute Gasteiger partial charge is 0.467 e. The molecule has 0 unspecified atom stereocenters. The number of rotatable bonds is 5. The number of hydrogen-bond donors (Lipinski definition) is 1. The van der Waals surface area contributed by atoms with E-state index in [9.17, 15) is 4.79 Å². The Morgan fingerprint density at radius 3 is 2.96 bits per heavy atom. The first-order valence-corrected chi connectivity index (χ1v) is 7.79. The fourth-order valence-electron chi connectivity index (χ4n) is 2.79. The van der Waals surface area contributed by atoms with Gasteiger partial charge in [0.15, 0.2) is 0 Å². The topological polar surface area (TPSA) is 82.2 Å². The molecule has 0 fully saturated rings. The van der Waals surface area contributed by atoms with Crippen LogP contribution in [0.5, 0.6) is 0 Å². The lowest BCUT2D eigenvalue weighted by Gasteiger charge is -2.27. The van der Waals surface area contributed by atoms with Crippen molar-refractivity contribution in [1.82, 2.24) is 14.8 Å². The molecule has 122 valence electrons. The molecule has 7 heteroatoms. The van der Waals surface area contributed by atoms with Gasteiger partial charge >= 0.3 is 5.97 Å². The van der Waals surface area contributed by atoms with Gasteiger partial charge in [0.05, 0.1) is 18.4 Å². The van der Waals surface area contributed by atoms with Crippen molar-refractivity contribution in [3.63, 3.8) is 0 Å². The number of hydrogen-bond acceptors (Lipinski definition) is 6. The zero-order valence-corrected chi connectivity index (χ0v) is 13.5. The van der Waals surface area contributed by atoms with Gasteiger partial charge in [0.1, 0.15) is 17.6 Å². The van der Waals surface area contributed by atoms with Crippen molar-refractivity contribution < 1.29 is 13.9 Å². The minimum Gasteiger partial charge on any atom is -0.467 e. The molecule has 1 N–H and O–H groups in total. The second-order valence-electron chi connectivity index (χ2n) is 5.33. The van der Waals surface area contributed by atoms with Gasteiger partial charge in [-0.05, 0) is 32.4 Å². The van der Waals surface area contributed by atoms with Gasteiger partial charge in [-0.3, -0.25) is 0 Å². The monoisotopic (exact) mass is 316 g/mol. The van der Waals surface area contributed by atoms with Crippen LogP contribution in [0.3, 0.4) is 0 Å². The number of allylic oxidation sites excluding steroid dienone is 1. The molecule has 2 aromatic heterocycles. The number of nitrogens with one attached hydrogen (secondary N) is 1. The van der Waals surface area contributed by atoms with Crippen LogP contribution in [0.1, 0.15) is 44.3 Å². The summed E-state index contributed by atoms with van der Waals surface area (Å²) in [5.41, 5.74) is 1.34. The van der Waals surface area contributed by atoms with E-state index in [0.29, 0.717) is 29.7 Å². The molecule has 0 amide bonds. The highest BCUT2D eigenvalue weighted by Crippen LogP contribution is 2.37. The zero-order valence-electron chi connectivity index (χ0n) is 13.5. The Bertz CT molecular complexity index is 731. The number of esters is 1. The van der Waals surface area contributed by atoms with Crippen LogP contribution in [0, 0.1) is 6.92 Å². The van der Waals surface area contributed by atoms with E-state index in [4.69, 9.17) is 9.15 Å². The van der Waals surface area contributed by atoms with Crippen LogP contribution in [0.25, 0.3) is 0 Å². The summed E-state index contributed by atoms with van der Waals surface area (Å²) in [7, 11) is 0. The minimum absolute atomic E-state index is 0.315. The van der Waals surface area contributed by atoms with Gasteiger partial charge in [-0.2, -0.15) is 10.1 Å². The number of aromatic nitrogens is 3. The number of ether oxygens (including phenoxy) is 1. The van der Waals surface area contributed by atoms with Crippen molar-refractivity contribution in [2.75, 3.05) is 11.9 Å². The molecule has 0 spiro atoms. The van der Waals surface area contributed by atoms with Crippen LogP contribution in [0.2, 0.25) is 0 Å². The van der Waals surface area contributed by atoms with Crippen molar-refractivity contribution in [1.29, 1.82) is 0 Å². The van der Waals surface area contributed by atoms with Crippen LogP contribution in [0.15, 0.2) is 34.1 Å². The van der Waals surface area contributed by atoms with Crippen molar-refractivity contribution in [3.8, 4) is 0 Å². The van der Waals surface area contributed by atoms with Crippen molar-refractivity contribution in [2.24, 2.45) is 0 Å². The van der Waals surface area contributed by atoms with Crippen LogP contribution < -0.4 is 5.32 Å². The molecule has 23 heavy (non-hydrogen) atoms. The van der Waals surface area contributed by atoms with E-state index in [-0.39, 0.29) is 5.97 Å². The standard InChI is InChI=1S/C16H20N4O3/c1-4-7-11-13(15(21)22-5-2)14(12-8-6-9-23-12)20-16(18-11)17-10(3)19-20/h6,8-9,14H,4-5,7H2,1-3H3,(H,17,18,19)/t14-/m1/s1. The Hall–Kier alpha value is -2.57. The molecule has 0 bridgehead atoms. The van der Waals surface area contributed by atoms with E-state index in [2.05, 4.69) is 22.3 Å². The van der Waals surface area contributed by atoms with Crippen molar-refractivity contribution in [2.45, 2.75) is 39.7 Å². The van der Waals surface area contributed by atoms with E-state index < -0.39 is 6.04 Å². The average molecular weight is 316 g/mol. The molecule has 0 aromatic carbocycles. The van der Waals surface area contributed by atoms with Gasteiger partial charge in [-0.1, -0.05) is 13.3 Å². The van der Waals surface area contributed by atoms with E-state index in [0.717, 1.165) is 18.5 Å². The SMILES string of the molecule is CCCC1=C(C(=O)OCC)[C@@H](c2ccco2)n2nc(C)nc2N1. The molecule has 1 aliphatic heterocycles. The number of fused-ring (bicyclic) bond motifs is 1. The van der Waals surface area contributed by atoms with E-state index >= 15 is 0 Å². The summed E-state index contributed by atoms with van der Waals surface area (Å²) < 4.78 is 12.5. The highest BCUT2D eigenvalue weighted by atomic mass is 16.5. The van der Waals surface area contributed by atoms with E-state index in [1.807, 2.05) is 13.0 Å². The normalized spacial score (nSPS) is 16.9. The molecule has 3 rings (SSSR count). The number of aryl methyl sites for hydroxylation is 1. The van der Waals surface area contributed by atoms with Gasteiger partial charge in [0.2, 0.25) is 5.95 Å². The summed E-state index contributed by atoms with van der Waals surface area (Å²) in [5.74, 6) is 1.52. The minimum atomic E-state index is -0.469. The summed E-state index contributed by atoms with van der Waals surface area (Å²) >= 11 is 0. The first-order chi connectivity index (χ1) is 11.2. The van der Waals surface area contributed by atoms with Gasteiger partial charge in [0.25, 0.3) is 0 Å². The van der Waals surface area contributed by atoms with Crippen LogP contribution in [-0.2, 0) is 9.53 Å². The second-order valence-corrected chi connectivity index (χ2v) is 5.33. The molecule has 2 aromatic rings. The number of carbonyl (C=O) groups is 1. The number of nitrogens with zero attached hydrogens (tertiary/aromatic N) is 3. The molecule has 7 nitrogen and oxygen atoms in total. The number of furan rings is 1. The summed E-state index contributed by atoms with van der Waals surface area (Å²) in [4.78, 5) is 17.0. The first kappa shape index (κ1) is 15.3. The van der Waals surface area contributed by atoms with Gasteiger partial charge in [-0.25, -0.2) is 9.48 Å². The van der Waals surface area contributed by atoms with Crippen LogP contribution in [-0.4, -0.2) is 27.3 Å². The lowest BCUT2D eigenvalue weighted by Crippen LogP contribution is -2.30. The molecule has 3 heterocycles. The van der Waals surface area contributed by atoms with Gasteiger partial charge in [-0.15, -0.1) is 0 Å². The Balaban J connectivity index is 2.16. The number of carbonyl (C=O) groups excluding carboxylic acids is 1. The second kappa shape index (κ2) is 6.28.